The molecular weight excluding hydrogens is 362 g/mol. The number of sulfone groups is 1. The van der Waals surface area contributed by atoms with E-state index in [9.17, 15) is 18.3 Å². The van der Waals surface area contributed by atoms with Crippen LogP contribution in [0.4, 0.5) is 0 Å². The molecule has 0 bridgehead atoms. The molecule has 2 saturated carbocycles. The molecule has 0 unspecified atom stereocenters. The van der Waals surface area contributed by atoms with Gasteiger partial charge in [-0.3, -0.25) is 4.79 Å². The molecule has 5 nitrogen and oxygen atoms in total. The van der Waals surface area contributed by atoms with Crippen LogP contribution in [0.3, 0.4) is 0 Å². The predicted octanol–water partition coefficient (Wildman–Crippen LogP) is 2.82. The third-order valence-electron chi connectivity index (χ3n) is 5.51. The van der Waals surface area contributed by atoms with Gasteiger partial charge in [-0.1, -0.05) is 24.3 Å². The largest absolute Gasteiger partial charge is 0.395 e. The molecule has 1 aromatic heterocycles. The first-order valence-corrected chi connectivity index (χ1v) is 10.8. The second-order valence-electron chi connectivity index (χ2n) is 7.73. The second-order valence-corrected chi connectivity index (χ2v) is 9.96. The number of aryl methyl sites for hydroxylation is 1. The smallest absolute Gasteiger partial charge is 0.251 e. The van der Waals surface area contributed by atoms with Crippen LogP contribution in [0.5, 0.6) is 0 Å². The molecule has 4 rings (SSSR count). The van der Waals surface area contributed by atoms with Crippen molar-refractivity contribution in [2.75, 3.05) is 6.61 Å². The Balaban J connectivity index is 1.77. The first-order chi connectivity index (χ1) is 12.8. The molecule has 0 amide bonds. The van der Waals surface area contributed by atoms with E-state index >= 15 is 0 Å². The zero-order valence-electron chi connectivity index (χ0n) is 15.2. The molecule has 2 N–H and O–H groups in total. The van der Waals surface area contributed by atoms with Crippen LogP contribution in [0, 0.1) is 12.3 Å². The second kappa shape index (κ2) is 6.46. The molecule has 0 spiro atoms. The monoisotopic (exact) mass is 385 g/mol. The van der Waals surface area contributed by atoms with Crippen LogP contribution in [0.15, 0.2) is 52.2 Å². The lowest BCUT2D eigenvalue weighted by atomic mass is 9.95. The third kappa shape index (κ3) is 3.51. The van der Waals surface area contributed by atoms with Gasteiger partial charge in [0.25, 0.3) is 5.56 Å². The molecule has 0 radical (unpaired) electrons. The maximum absolute atomic E-state index is 12.4. The SMILES string of the molecule is Cc1ccc(C(=CC2(CO)CC2)c2ccc(S(=O)(=O)C3CC3)cc2)[nH]c1=O. The molecular formula is C21H23NO4S. The Hall–Kier alpha value is -2.18. The average Bonchev–Trinajstić information content (AvgIpc) is 3.56. The lowest BCUT2D eigenvalue weighted by molar-refractivity contribution is 0.242. The van der Waals surface area contributed by atoms with Crippen LogP contribution in [-0.2, 0) is 9.84 Å². The lowest BCUT2D eigenvalue weighted by Crippen LogP contribution is -2.12. The Kier molecular flexibility index (Phi) is 4.35. The van der Waals surface area contributed by atoms with Crippen molar-refractivity contribution >= 4 is 15.4 Å². The van der Waals surface area contributed by atoms with Gasteiger partial charge in [0.05, 0.1) is 16.8 Å². The highest BCUT2D eigenvalue weighted by atomic mass is 32.2. The fraction of sp³-hybridized carbons (Fsp3) is 0.381. The molecule has 1 aromatic carbocycles. The molecule has 1 heterocycles. The summed E-state index contributed by atoms with van der Waals surface area (Å²) in [6.45, 7) is 1.81. The summed E-state index contributed by atoms with van der Waals surface area (Å²) in [6.07, 6.45) is 5.28. The molecule has 0 saturated heterocycles. The van der Waals surface area contributed by atoms with Gasteiger partial charge in [0.2, 0.25) is 0 Å². The van der Waals surface area contributed by atoms with Gasteiger partial charge in [0.15, 0.2) is 9.84 Å². The van der Waals surface area contributed by atoms with E-state index in [-0.39, 0.29) is 22.8 Å². The Labute approximate surface area is 158 Å². The number of aliphatic hydroxyl groups excluding tert-OH is 1. The molecule has 27 heavy (non-hydrogen) atoms. The van der Waals surface area contributed by atoms with Gasteiger partial charge in [-0.2, -0.15) is 0 Å². The van der Waals surface area contributed by atoms with Crippen LogP contribution in [0.1, 0.15) is 42.5 Å². The number of aromatic nitrogens is 1. The van der Waals surface area contributed by atoms with Gasteiger partial charge >= 0.3 is 0 Å². The summed E-state index contributed by atoms with van der Waals surface area (Å²) in [6, 6.07) is 10.5. The van der Waals surface area contributed by atoms with Crippen molar-refractivity contribution in [2.45, 2.75) is 42.8 Å². The van der Waals surface area contributed by atoms with Gasteiger partial charge in [0, 0.05) is 22.2 Å². The third-order valence-corrected chi connectivity index (χ3v) is 7.79. The first-order valence-electron chi connectivity index (χ1n) is 9.23. The predicted molar refractivity (Wildman–Crippen MR) is 104 cm³/mol. The van der Waals surface area contributed by atoms with Crippen LogP contribution >= 0.6 is 0 Å². The van der Waals surface area contributed by atoms with E-state index in [4.69, 9.17) is 0 Å². The minimum Gasteiger partial charge on any atom is -0.395 e. The normalized spacial score (nSPS) is 19.1. The lowest BCUT2D eigenvalue weighted by Gasteiger charge is -2.14. The number of hydrogen-bond donors (Lipinski definition) is 2. The van der Waals surface area contributed by atoms with Gasteiger partial charge < -0.3 is 10.1 Å². The molecule has 2 aliphatic rings. The zero-order chi connectivity index (χ0) is 19.2. The van der Waals surface area contributed by atoms with Crippen LogP contribution in [0.25, 0.3) is 5.57 Å². The van der Waals surface area contributed by atoms with Gasteiger partial charge in [-0.05, 0) is 56.4 Å². The summed E-state index contributed by atoms with van der Waals surface area (Å²) < 4.78 is 24.8. The minimum atomic E-state index is -3.23. The van der Waals surface area contributed by atoms with Crippen molar-refractivity contribution in [3.63, 3.8) is 0 Å². The van der Waals surface area contributed by atoms with E-state index in [2.05, 4.69) is 4.98 Å². The van der Waals surface area contributed by atoms with Crippen molar-refractivity contribution in [1.29, 1.82) is 0 Å². The molecule has 2 aliphatic carbocycles. The molecule has 0 atom stereocenters. The summed E-state index contributed by atoms with van der Waals surface area (Å²) >= 11 is 0. The fourth-order valence-electron chi connectivity index (χ4n) is 3.23. The topological polar surface area (TPSA) is 87.2 Å². The average molecular weight is 385 g/mol. The Morgan fingerprint density at radius 3 is 2.37 bits per heavy atom. The van der Waals surface area contributed by atoms with Crippen LogP contribution < -0.4 is 5.56 Å². The summed E-state index contributed by atoms with van der Waals surface area (Å²) in [5.41, 5.74) is 2.53. The van der Waals surface area contributed by atoms with Gasteiger partial charge in [-0.25, -0.2) is 8.42 Å². The molecule has 2 aromatic rings. The number of benzene rings is 1. The number of nitrogens with one attached hydrogen (secondary N) is 1. The number of H-pyrrole nitrogens is 1. The summed E-state index contributed by atoms with van der Waals surface area (Å²) in [7, 11) is -3.23. The van der Waals surface area contributed by atoms with Crippen LogP contribution in [-0.4, -0.2) is 30.4 Å². The molecule has 0 aliphatic heterocycles. The standard InChI is InChI=1S/C21H23NO4S/c1-14-2-9-19(22-20(14)24)18(12-21(13-23)10-11-21)15-3-5-16(6-4-15)27(25,26)17-7-8-17/h2-6,9,12,17,23H,7-8,10-11,13H2,1H3,(H,22,24). The highest BCUT2D eigenvalue weighted by Gasteiger charge is 2.40. The maximum Gasteiger partial charge on any atom is 0.251 e. The van der Waals surface area contributed by atoms with Gasteiger partial charge in [0.1, 0.15) is 0 Å². The number of rotatable bonds is 6. The van der Waals surface area contributed by atoms with E-state index in [0.717, 1.165) is 36.8 Å². The fourth-order valence-corrected chi connectivity index (χ4v) is 4.89. The van der Waals surface area contributed by atoms with Crippen molar-refractivity contribution in [3.8, 4) is 0 Å². The van der Waals surface area contributed by atoms with Gasteiger partial charge in [-0.15, -0.1) is 0 Å². The summed E-state index contributed by atoms with van der Waals surface area (Å²) in [5.74, 6) is 0. The molecule has 142 valence electrons. The number of hydrogen-bond acceptors (Lipinski definition) is 4. The van der Waals surface area contributed by atoms with Crippen molar-refractivity contribution in [3.05, 3.63) is 69.6 Å². The number of aromatic amines is 1. The Morgan fingerprint density at radius 2 is 1.85 bits per heavy atom. The van der Waals surface area contributed by atoms with Crippen molar-refractivity contribution < 1.29 is 13.5 Å². The van der Waals surface area contributed by atoms with Crippen LogP contribution in [0.2, 0.25) is 0 Å². The van der Waals surface area contributed by atoms with E-state index in [1.165, 1.54) is 0 Å². The maximum atomic E-state index is 12.4. The van der Waals surface area contributed by atoms with Crippen molar-refractivity contribution in [2.24, 2.45) is 5.41 Å². The highest BCUT2D eigenvalue weighted by Crippen LogP contribution is 2.48. The Morgan fingerprint density at radius 1 is 1.19 bits per heavy atom. The van der Waals surface area contributed by atoms with E-state index in [1.807, 2.05) is 12.1 Å². The summed E-state index contributed by atoms with van der Waals surface area (Å²) in [4.78, 5) is 15.3. The van der Waals surface area contributed by atoms with Crippen molar-refractivity contribution in [1.82, 2.24) is 4.98 Å². The molecule has 6 heteroatoms. The molecule has 2 fully saturated rings. The number of aliphatic hydroxyl groups is 1. The van der Waals surface area contributed by atoms with E-state index in [1.54, 1.807) is 37.3 Å². The zero-order valence-corrected chi connectivity index (χ0v) is 16.1. The highest BCUT2D eigenvalue weighted by molar-refractivity contribution is 7.92. The van der Waals surface area contributed by atoms with E-state index < -0.39 is 9.84 Å². The minimum absolute atomic E-state index is 0.0563. The summed E-state index contributed by atoms with van der Waals surface area (Å²) in [5, 5.41) is 9.48. The number of pyridine rings is 1. The van der Waals surface area contributed by atoms with E-state index in [0.29, 0.717) is 16.2 Å². The Bertz CT molecular complexity index is 1060. The quantitative estimate of drug-likeness (QED) is 0.800. The first kappa shape index (κ1) is 18.2.